The van der Waals surface area contributed by atoms with Crippen LogP contribution in [-0.4, -0.2) is 26.5 Å². The van der Waals surface area contributed by atoms with Gasteiger partial charge in [-0.3, -0.25) is 0 Å². The molecule has 0 aliphatic carbocycles. The predicted molar refractivity (Wildman–Crippen MR) is 69.0 cm³/mol. The highest BCUT2D eigenvalue weighted by molar-refractivity contribution is 7.80. The third-order valence-electron chi connectivity index (χ3n) is 2.92. The van der Waals surface area contributed by atoms with Gasteiger partial charge in [0.2, 0.25) is 0 Å². The molecule has 1 unspecified atom stereocenters. The van der Waals surface area contributed by atoms with Gasteiger partial charge in [-0.05, 0) is 42.8 Å². The molecule has 1 saturated heterocycles. The van der Waals surface area contributed by atoms with Crippen molar-refractivity contribution in [3.05, 3.63) is 30.0 Å². The predicted octanol–water partition coefficient (Wildman–Crippen LogP) is 0.942. The van der Waals surface area contributed by atoms with E-state index in [1.165, 1.54) is 5.56 Å². The lowest BCUT2D eigenvalue weighted by Crippen LogP contribution is -2.31. The van der Waals surface area contributed by atoms with Gasteiger partial charge in [0.05, 0.1) is 6.20 Å². The molecule has 1 aliphatic rings. The number of thiocarbonyl (C=S) groups is 1. The van der Waals surface area contributed by atoms with E-state index in [-0.39, 0.29) is 6.17 Å². The highest BCUT2D eigenvalue weighted by Crippen LogP contribution is 2.16. The third kappa shape index (κ3) is 2.09. The van der Waals surface area contributed by atoms with Gasteiger partial charge in [0, 0.05) is 5.39 Å². The summed E-state index contributed by atoms with van der Waals surface area (Å²) in [5.74, 6) is 0. The van der Waals surface area contributed by atoms with E-state index in [4.69, 9.17) is 17.1 Å². The first-order valence-electron chi connectivity index (χ1n) is 5.61. The van der Waals surface area contributed by atoms with E-state index in [9.17, 15) is 5.21 Å². The van der Waals surface area contributed by atoms with Crippen molar-refractivity contribution in [3.8, 4) is 0 Å². The Morgan fingerprint density at radius 1 is 1.50 bits per heavy atom. The minimum Gasteiger partial charge on any atom is -0.411 e. The van der Waals surface area contributed by atoms with Gasteiger partial charge >= 0.3 is 0 Å². The van der Waals surface area contributed by atoms with Crippen LogP contribution in [0.2, 0.25) is 0 Å². The molecule has 1 fully saturated rings. The van der Waals surface area contributed by atoms with Crippen LogP contribution in [0.4, 0.5) is 0 Å². The molecule has 0 radical (unpaired) electrons. The number of fused-ring (bicyclic) bond motifs is 1. The zero-order valence-corrected chi connectivity index (χ0v) is 10.3. The van der Waals surface area contributed by atoms with Crippen molar-refractivity contribution >= 4 is 28.3 Å². The summed E-state index contributed by atoms with van der Waals surface area (Å²) in [6, 6.07) is 5.85. The second-order valence-electron chi connectivity index (χ2n) is 4.17. The van der Waals surface area contributed by atoms with Crippen molar-refractivity contribution in [2.24, 2.45) is 0 Å². The van der Waals surface area contributed by atoms with Crippen molar-refractivity contribution < 1.29 is 10.0 Å². The van der Waals surface area contributed by atoms with Crippen LogP contribution in [0.5, 0.6) is 0 Å². The summed E-state index contributed by atoms with van der Waals surface area (Å²) in [6.45, 7) is 0. The monoisotopic (exact) mass is 264 g/mol. The van der Waals surface area contributed by atoms with Gasteiger partial charge < -0.3 is 15.4 Å². The van der Waals surface area contributed by atoms with Gasteiger partial charge in [-0.1, -0.05) is 6.07 Å². The van der Waals surface area contributed by atoms with Crippen LogP contribution in [0.15, 0.2) is 24.4 Å². The fraction of sp³-hybridized carbons (Fsp3) is 0.273. The molecular weight excluding hydrogens is 252 g/mol. The molecule has 0 saturated carbocycles. The molecule has 1 aromatic heterocycles. The largest absolute Gasteiger partial charge is 0.411 e. The minimum absolute atomic E-state index is 0.0498. The Morgan fingerprint density at radius 3 is 3.17 bits per heavy atom. The first-order chi connectivity index (χ1) is 8.72. The average molecular weight is 264 g/mol. The van der Waals surface area contributed by atoms with E-state index in [2.05, 4.69) is 15.9 Å². The maximum Gasteiger partial charge on any atom is 0.279 e. The molecule has 1 atom stereocenters. The number of nitrogens with one attached hydrogen (secondary N) is 2. The maximum atomic E-state index is 9.39. The molecule has 3 rings (SSSR count). The second kappa shape index (κ2) is 4.43. The van der Waals surface area contributed by atoms with Crippen LogP contribution in [-0.2, 0) is 11.3 Å². The normalized spacial score (nSPS) is 18.9. The molecule has 0 bridgehead atoms. The van der Waals surface area contributed by atoms with Crippen LogP contribution in [0.1, 0.15) is 12.0 Å². The fourth-order valence-electron chi connectivity index (χ4n) is 1.99. The molecule has 0 amide bonds. The van der Waals surface area contributed by atoms with Crippen molar-refractivity contribution in [1.29, 1.82) is 0 Å². The van der Waals surface area contributed by atoms with Gasteiger partial charge in [-0.25, -0.2) is 0 Å². The van der Waals surface area contributed by atoms with Crippen molar-refractivity contribution in [2.75, 3.05) is 0 Å². The molecule has 2 aromatic rings. The Morgan fingerprint density at radius 2 is 2.39 bits per heavy atom. The van der Waals surface area contributed by atoms with Crippen LogP contribution in [0.3, 0.4) is 0 Å². The first-order valence-corrected chi connectivity index (χ1v) is 6.02. The lowest BCUT2D eigenvalue weighted by Gasteiger charge is -2.07. The number of rotatable bonds is 3. The van der Waals surface area contributed by atoms with Crippen LogP contribution < -0.4 is 10.8 Å². The molecule has 3 N–H and O–H groups in total. The highest BCUT2D eigenvalue weighted by Gasteiger charge is 2.18. The SMILES string of the molecule is On1ncc2cc(CCC3NOC(=S)N3)ccc21. The van der Waals surface area contributed by atoms with E-state index >= 15 is 0 Å². The van der Waals surface area contributed by atoms with E-state index in [1.54, 1.807) is 6.20 Å². The zero-order chi connectivity index (χ0) is 12.5. The van der Waals surface area contributed by atoms with Gasteiger partial charge in [-0.2, -0.15) is 0 Å². The molecule has 1 aromatic carbocycles. The molecular formula is C11H12N4O2S. The fourth-order valence-corrected chi connectivity index (χ4v) is 2.18. The zero-order valence-electron chi connectivity index (χ0n) is 9.46. The number of hydrogen-bond donors (Lipinski definition) is 3. The van der Waals surface area contributed by atoms with Crippen LogP contribution >= 0.6 is 12.2 Å². The Labute approximate surface area is 108 Å². The Kier molecular flexibility index (Phi) is 2.77. The Hall–Kier alpha value is -1.86. The third-order valence-corrected chi connectivity index (χ3v) is 3.12. The van der Waals surface area contributed by atoms with Crippen molar-refractivity contribution in [3.63, 3.8) is 0 Å². The maximum absolute atomic E-state index is 9.39. The number of nitrogens with zero attached hydrogens (tertiary/aromatic N) is 2. The van der Waals surface area contributed by atoms with Crippen LogP contribution in [0, 0.1) is 0 Å². The van der Waals surface area contributed by atoms with Crippen molar-refractivity contribution in [1.82, 2.24) is 20.7 Å². The summed E-state index contributed by atoms with van der Waals surface area (Å²) in [7, 11) is 0. The molecule has 7 heteroatoms. The van der Waals surface area contributed by atoms with Crippen molar-refractivity contribution in [2.45, 2.75) is 19.0 Å². The summed E-state index contributed by atoms with van der Waals surface area (Å²) < 4.78 is 0. The van der Waals surface area contributed by atoms with Gasteiger partial charge in [-0.15, -0.1) is 15.4 Å². The molecule has 18 heavy (non-hydrogen) atoms. The lowest BCUT2D eigenvalue weighted by molar-refractivity contribution is 0.161. The summed E-state index contributed by atoms with van der Waals surface area (Å²) >= 11 is 4.86. The summed E-state index contributed by atoms with van der Waals surface area (Å²) in [5.41, 5.74) is 4.70. The van der Waals surface area contributed by atoms with E-state index in [0.29, 0.717) is 10.7 Å². The molecule has 0 spiro atoms. The van der Waals surface area contributed by atoms with Gasteiger partial charge in [0.1, 0.15) is 11.7 Å². The molecule has 1 aliphatic heterocycles. The van der Waals surface area contributed by atoms with E-state index in [1.807, 2.05) is 18.2 Å². The first kappa shape index (κ1) is 11.2. The smallest absolute Gasteiger partial charge is 0.279 e. The van der Waals surface area contributed by atoms with E-state index < -0.39 is 0 Å². The molecule has 2 heterocycles. The topological polar surface area (TPSA) is 71.3 Å². The number of aryl methyl sites for hydroxylation is 1. The summed E-state index contributed by atoms with van der Waals surface area (Å²) in [5, 5.41) is 17.5. The standard InChI is InChI=1S/C11H12N4O2S/c16-15-9-3-1-7(5-8(9)6-12-15)2-4-10-13-11(18)17-14-10/h1,3,5-6,10,14,16H,2,4H2,(H,13,18). The molecule has 6 nitrogen and oxygen atoms in total. The Bertz CT molecular complexity index is 598. The van der Waals surface area contributed by atoms with Gasteiger partial charge in [0.25, 0.3) is 5.17 Å². The average Bonchev–Trinajstić information content (AvgIpc) is 2.94. The number of hydrogen-bond acceptors (Lipinski definition) is 5. The van der Waals surface area contributed by atoms with E-state index in [0.717, 1.165) is 23.1 Å². The Balaban J connectivity index is 1.69. The number of hydroxylamine groups is 1. The van der Waals surface area contributed by atoms with Crippen LogP contribution in [0.25, 0.3) is 10.9 Å². The molecule has 94 valence electrons. The number of aromatic nitrogens is 2. The van der Waals surface area contributed by atoms with Gasteiger partial charge in [0.15, 0.2) is 0 Å². The number of benzene rings is 1. The summed E-state index contributed by atoms with van der Waals surface area (Å²) in [6.07, 6.45) is 3.43. The summed E-state index contributed by atoms with van der Waals surface area (Å²) in [4.78, 5) is 5.83. The minimum atomic E-state index is 0.0498. The lowest BCUT2D eigenvalue weighted by atomic mass is 10.1. The quantitative estimate of drug-likeness (QED) is 0.566. The second-order valence-corrected chi connectivity index (χ2v) is 4.54. The highest BCUT2D eigenvalue weighted by atomic mass is 32.1.